The van der Waals surface area contributed by atoms with Crippen molar-refractivity contribution in [2.75, 3.05) is 4.90 Å². The van der Waals surface area contributed by atoms with Crippen molar-refractivity contribution in [3.63, 3.8) is 0 Å². The van der Waals surface area contributed by atoms with Crippen LogP contribution in [0.15, 0.2) is 200 Å². The number of hydrogen-bond donors (Lipinski definition) is 0. The first-order chi connectivity index (χ1) is 26.5. The molecule has 10 rings (SSSR count). The number of fused-ring (bicyclic) bond motifs is 6. The van der Waals surface area contributed by atoms with E-state index < -0.39 is 0 Å². The number of anilines is 3. The number of rotatable bonds is 6. The molecule has 54 heavy (non-hydrogen) atoms. The second-order valence-corrected chi connectivity index (χ2v) is 14.9. The van der Waals surface area contributed by atoms with Crippen molar-refractivity contribution in [1.82, 2.24) is 0 Å². The highest BCUT2D eigenvalue weighted by Gasteiger charge is 2.36. The van der Waals surface area contributed by atoms with Crippen molar-refractivity contribution in [1.29, 1.82) is 0 Å². The Hall–Kier alpha value is -6.70. The molecule has 0 aromatic heterocycles. The van der Waals surface area contributed by atoms with Gasteiger partial charge in [-0.25, -0.2) is 0 Å². The molecule has 0 heterocycles. The smallest absolute Gasteiger partial charge is 0.0540 e. The summed E-state index contributed by atoms with van der Waals surface area (Å²) >= 11 is 0. The average molecular weight is 690 g/mol. The van der Waals surface area contributed by atoms with Crippen molar-refractivity contribution in [2.24, 2.45) is 0 Å². The highest BCUT2D eigenvalue weighted by Crippen LogP contribution is 2.51. The first-order valence-corrected chi connectivity index (χ1v) is 18.8. The summed E-state index contributed by atoms with van der Waals surface area (Å²) in [7, 11) is 0. The molecule has 1 aliphatic carbocycles. The zero-order chi connectivity index (χ0) is 36.2. The summed E-state index contributed by atoms with van der Waals surface area (Å²) in [5, 5.41) is 5.09. The van der Waals surface area contributed by atoms with Crippen LogP contribution in [-0.4, -0.2) is 0 Å². The molecule has 0 unspecified atom stereocenters. The Morgan fingerprint density at radius 3 is 1.69 bits per heavy atom. The molecule has 9 aromatic carbocycles. The van der Waals surface area contributed by atoms with Crippen LogP contribution >= 0.6 is 0 Å². The van der Waals surface area contributed by atoms with Crippen LogP contribution in [0.3, 0.4) is 0 Å². The maximum atomic E-state index is 2.46. The second kappa shape index (κ2) is 12.8. The van der Waals surface area contributed by atoms with E-state index in [1.54, 1.807) is 0 Å². The lowest BCUT2D eigenvalue weighted by atomic mass is 9.82. The predicted molar refractivity (Wildman–Crippen MR) is 230 cm³/mol. The Morgan fingerprint density at radius 2 is 0.907 bits per heavy atom. The second-order valence-electron chi connectivity index (χ2n) is 14.9. The fourth-order valence-electron chi connectivity index (χ4n) is 8.73. The van der Waals surface area contributed by atoms with Crippen molar-refractivity contribution in [2.45, 2.75) is 19.3 Å². The van der Waals surface area contributed by atoms with Gasteiger partial charge in [0.05, 0.1) is 5.69 Å². The van der Waals surface area contributed by atoms with Crippen LogP contribution in [0.2, 0.25) is 0 Å². The van der Waals surface area contributed by atoms with E-state index in [0.717, 1.165) is 17.1 Å². The maximum Gasteiger partial charge on any atom is 0.0540 e. The molecule has 0 radical (unpaired) electrons. The monoisotopic (exact) mass is 689 g/mol. The first kappa shape index (κ1) is 32.0. The van der Waals surface area contributed by atoms with Crippen LogP contribution in [0.1, 0.15) is 25.0 Å². The summed E-state index contributed by atoms with van der Waals surface area (Å²) in [5.41, 5.74) is 15.9. The third-order valence-electron chi connectivity index (χ3n) is 11.5. The lowest BCUT2D eigenvalue weighted by molar-refractivity contribution is 0.660. The summed E-state index contributed by atoms with van der Waals surface area (Å²) in [4.78, 5) is 2.46. The van der Waals surface area contributed by atoms with Gasteiger partial charge in [-0.1, -0.05) is 172 Å². The van der Waals surface area contributed by atoms with E-state index in [4.69, 9.17) is 0 Å². The van der Waals surface area contributed by atoms with Gasteiger partial charge >= 0.3 is 0 Å². The molecule has 0 aliphatic heterocycles. The molecule has 9 aromatic rings. The van der Waals surface area contributed by atoms with Gasteiger partial charge in [-0.2, -0.15) is 0 Å². The van der Waals surface area contributed by atoms with Gasteiger partial charge < -0.3 is 4.90 Å². The first-order valence-electron chi connectivity index (χ1n) is 18.8. The van der Waals surface area contributed by atoms with Gasteiger partial charge in [0.15, 0.2) is 0 Å². The molecule has 0 atom stereocenters. The van der Waals surface area contributed by atoms with E-state index in [1.807, 2.05) is 0 Å². The minimum atomic E-state index is -0.117. The third-order valence-corrected chi connectivity index (χ3v) is 11.5. The third kappa shape index (κ3) is 5.24. The molecule has 0 fully saturated rings. The maximum absolute atomic E-state index is 2.46. The van der Waals surface area contributed by atoms with Crippen LogP contribution < -0.4 is 4.90 Å². The van der Waals surface area contributed by atoms with Crippen LogP contribution in [-0.2, 0) is 5.41 Å². The number of hydrogen-bond acceptors (Lipinski definition) is 1. The zero-order valence-corrected chi connectivity index (χ0v) is 30.5. The summed E-state index contributed by atoms with van der Waals surface area (Å²) < 4.78 is 0. The van der Waals surface area contributed by atoms with Gasteiger partial charge in [-0.3, -0.25) is 0 Å². The van der Waals surface area contributed by atoms with Crippen LogP contribution in [0, 0.1) is 0 Å². The molecule has 0 spiro atoms. The molecule has 0 N–H and O–H groups in total. The van der Waals surface area contributed by atoms with Gasteiger partial charge in [-0.05, 0) is 114 Å². The summed E-state index contributed by atoms with van der Waals surface area (Å²) in [6.07, 6.45) is 0. The lowest BCUT2D eigenvalue weighted by Gasteiger charge is -2.30. The Morgan fingerprint density at radius 1 is 0.333 bits per heavy atom. The van der Waals surface area contributed by atoms with Crippen LogP contribution in [0.4, 0.5) is 17.1 Å². The highest BCUT2D eigenvalue weighted by molar-refractivity contribution is 6.13. The highest BCUT2D eigenvalue weighted by atomic mass is 15.1. The minimum Gasteiger partial charge on any atom is -0.310 e. The molecule has 1 aliphatic rings. The molecule has 0 saturated heterocycles. The van der Waals surface area contributed by atoms with E-state index in [-0.39, 0.29) is 5.41 Å². The van der Waals surface area contributed by atoms with Gasteiger partial charge in [-0.15, -0.1) is 0 Å². The van der Waals surface area contributed by atoms with E-state index in [2.05, 4.69) is 219 Å². The largest absolute Gasteiger partial charge is 0.310 e. The molecular formula is C53H39N. The molecular weight excluding hydrogens is 651 g/mol. The van der Waals surface area contributed by atoms with Gasteiger partial charge in [0.2, 0.25) is 0 Å². The predicted octanol–water partition coefficient (Wildman–Crippen LogP) is 14.8. The van der Waals surface area contributed by atoms with E-state index in [0.29, 0.717) is 0 Å². The normalized spacial score (nSPS) is 12.8. The van der Waals surface area contributed by atoms with Gasteiger partial charge in [0, 0.05) is 22.4 Å². The fraction of sp³-hybridized carbons (Fsp3) is 0.0566. The zero-order valence-electron chi connectivity index (χ0n) is 30.5. The molecule has 0 saturated carbocycles. The molecule has 0 amide bonds. The van der Waals surface area contributed by atoms with E-state index >= 15 is 0 Å². The average Bonchev–Trinajstić information content (AvgIpc) is 3.47. The minimum absolute atomic E-state index is 0.117. The molecule has 1 nitrogen and oxygen atoms in total. The van der Waals surface area contributed by atoms with Crippen molar-refractivity contribution >= 4 is 38.6 Å². The Balaban J connectivity index is 1.18. The van der Waals surface area contributed by atoms with E-state index in [9.17, 15) is 0 Å². The lowest BCUT2D eigenvalue weighted by Crippen LogP contribution is -2.17. The SMILES string of the molecule is CC1(C)c2ccccc2-c2ccc(N(c3ccc(-c4cc5ccccc5c5ccccc45)cc3)c3ccc(-c4ccccc4)cc3-c3ccccc3)cc21. The fourth-order valence-corrected chi connectivity index (χ4v) is 8.73. The Labute approximate surface area is 317 Å². The van der Waals surface area contributed by atoms with Crippen LogP contribution in [0.25, 0.3) is 66.1 Å². The quantitative estimate of drug-likeness (QED) is 0.157. The molecule has 256 valence electrons. The number of nitrogens with zero attached hydrogens (tertiary/aromatic N) is 1. The standard InChI is InChI=1S/C53H39N/c1-53(2)50-24-14-13-23-46(50)47-31-30-42(35-51(47)53)54(52-32-27-39(36-15-5-3-6-16-36)33-49(52)37-17-7-4-8-18-37)41-28-25-38(26-29-41)48-34-40-19-9-10-20-43(40)44-21-11-12-22-45(44)48/h3-35H,1-2H3. The Bertz CT molecular complexity index is 2830. The van der Waals surface area contributed by atoms with Gasteiger partial charge in [0.1, 0.15) is 0 Å². The van der Waals surface area contributed by atoms with Crippen molar-refractivity contribution in [3.05, 3.63) is 211 Å². The summed E-state index contributed by atoms with van der Waals surface area (Å²) in [6.45, 7) is 4.72. The topological polar surface area (TPSA) is 3.24 Å². The summed E-state index contributed by atoms with van der Waals surface area (Å²) in [5.74, 6) is 0. The summed E-state index contributed by atoms with van der Waals surface area (Å²) in [6, 6.07) is 73.4. The van der Waals surface area contributed by atoms with Gasteiger partial charge in [0.25, 0.3) is 0 Å². The number of benzene rings is 9. The van der Waals surface area contributed by atoms with Crippen molar-refractivity contribution < 1.29 is 0 Å². The molecule has 1 heteroatoms. The van der Waals surface area contributed by atoms with E-state index in [1.165, 1.54) is 77.2 Å². The Kier molecular flexibility index (Phi) is 7.56. The van der Waals surface area contributed by atoms with Crippen LogP contribution in [0.5, 0.6) is 0 Å². The van der Waals surface area contributed by atoms with Crippen molar-refractivity contribution in [3.8, 4) is 44.5 Å². The molecule has 0 bridgehead atoms.